The van der Waals surface area contributed by atoms with Gasteiger partial charge in [0.2, 0.25) is 0 Å². The highest BCUT2D eigenvalue weighted by molar-refractivity contribution is 5.78. The molecule has 0 aliphatic carbocycles. The number of fused-ring (bicyclic) bond motifs is 1. The average molecular weight is 246 g/mol. The number of imidazole rings is 1. The van der Waals surface area contributed by atoms with Crippen molar-refractivity contribution >= 4 is 11.0 Å². The van der Waals surface area contributed by atoms with Gasteiger partial charge in [-0.25, -0.2) is 9.37 Å². The Morgan fingerprint density at radius 3 is 2.94 bits per heavy atom. The van der Waals surface area contributed by atoms with Crippen molar-refractivity contribution in [2.45, 2.75) is 6.10 Å². The third kappa shape index (κ3) is 1.60. The molecule has 1 N–H and O–H groups in total. The van der Waals surface area contributed by atoms with Gasteiger partial charge in [-0.05, 0) is 12.1 Å². The van der Waals surface area contributed by atoms with Crippen LogP contribution in [0.3, 0.4) is 0 Å². The molecule has 3 aromatic rings. The maximum absolute atomic E-state index is 13.5. The Balaban J connectivity index is 2.10. The van der Waals surface area contributed by atoms with Gasteiger partial charge >= 0.3 is 0 Å². The number of benzene rings is 1. The van der Waals surface area contributed by atoms with Crippen LogP contribution in [0.25, 0.3) is 11.0 Å². The van der Waals surface area contributed by atoms with Crippen LogP contribution < -0.4 is 0 Å². The van der Waals surface area contributed by atoms with E-state index in [0.29, 0.717) is 11.2 Å². The quantitative estimate of drug-likeness (QED) is 0.755. The number of furan rings is 1. The Bertz CT molecular complexity index is 702. The summed E-state index contributed by atoms with van der Waals surface area (Å²) in [6, 6.07) is 6.28. The average Bonchev–Trinajstić information content (AvgIpc) is 2.95. The van der Waals surface area contributed by atoms with E-state index in [1.165, 1.54) is 6.07 Å². The zero-order chi connectivity index (χ0) is 12.7. The number of hydrogen-bond acceptors (Lipinski definition) is 3. The summed E-state index contributed by atoms with van der Waals surface area (Å²) >= 11 is 0. The number of aryl methyl sites for hydroxylation is 1. The predicted octanol–water partition coefficient (Wildman–Crippen LogP) is 2.39. The van der Waals surface area contributed by atoms with Crippen molar-refractivity contribution in [2.24, 2.45) is 7.05 Å². The fourth-order valence-corrected chi connectivity index (χ4v) is 1.95. The van der Waals surface area contributed by atoms with Crippen LogP contribution in [0.4, 0.5) is 4.39 Å². The van der Waals surface area contributed by atoms with E-state index in [9.17, 15) is 9.50 Å². The number of halogens is 1. The van der Waals surface area contributed by atoms with Crippen LogP contribution in [-0.2, 0) is 7.05 Å². The summed E-state index contributed by atoms with van der Waals surface area (Å²) in [4.78, 5) is 4.04. The van der Waals surface area contributed by atoms with E-state index in [0.717, 1.165) is 0 Å². The molecular weight excluding hydrogens is 235 g/mol. The fourth-order valence-electron chi connectivity index (χ4n) is 1.95. The van der Waals surface area contributed by atoms with Crippen LogP contribution in [0.1, 0.15) is 17.7 Å². The largest absolute Gasteiger partial charge is 0.455 e. The second-order valence-electron chi connectivity index (χ2n) is 4.11. The maximum Gasteiger partial charge on any atom is 0.170 e. The van der Waals surface area contributed by atoms with Gasteiger partial charge < -0.3 is 14.1 Å². The van der Waals surface area contributed by atoms with Gasteiger partial charge in [0.15, 0.2) is 17.5 Å². The second-order valence-corrected chi connectivity index (χ2v) is 4.11. The van der Waals surface area contributed by atoms with E-state index < -0.39 is 11.9 Å². The summed E-state index contributed by atoms with van der Waals surface area (Å²) in [6.45, 7) is 0. The third-order valence-corrected chi connectivity index (χ3v) is 2.89. The number of rotatable bonds is 2. The Morgan fingerprint density at radius 1 is 1.44 bits per heavy atom. The van der Waals surface area contributed by atoms with Crippen molar-refractivity contribution < 1.29 is 13.9 Å². The van der Waals surface area contributed by atoms with Crippen molar-refractivity contribution in [1.82, 2.24) is 9.55 Å². The molecular formula is C13H11FN2O2. The Hall–Kier alpha value is -2.14. The van der Waals surface area contributed by atoms with Crippen LogP contribution >= 0.6 is 0 Å². The summed E-state index contributed by atoms with van der Waals surface area (Å²) in [7, 11) is 1.77. The molecule has 2 aromatic heterocycles. The lowest BCUT2D eigenvalue weighted by Gasteiger charge is -2.06. The molecule has 1 aromatic carbocycles. The van der Waals surface area contributed by atoms with Gasteiger partial charge in [-0.2, -0.15) is 0 Å². The minimum absolute atomic E-state index is 0.153. The molecule has 0 aliphatic heterocycles. The van der Waals surface area contributed by atoms with Crippen molar-refractivity contribution in [3.63, 3.8) is 0 Å². The first-order valence-electron chi connectivity index (χ1n) is 5.50. The van der Waals surface area contributed by atoms with Crippen LogP contribution in [0.2, 0.25) is 0 Å². The fraction of sp³-hybridized carbons (Fsp3) is 0.154. The number of aliphatic hydroxyl groups is 1. The van der Waals surface area contributed by atoms with Crippen LogP contribution in [0, 0.1) is 5.82 Å². The van der Waals surface area contributed by atoms with Crippen LogP contribution in [0.5, 0.6) is 0 Å². The zero-order valence-corrected chi connectivity index (χ0v) is 9.67. The number of nitrogens with zero attached hydrogens (tertiary/aromatic N) is 2. The van der Waals surface area contributed by atoms with Crippen LogP contribution in [-0.4, -0.2) is 14.7 Å². The highest BCUT2D eigenvalue weighted by atomic mass is 19.1. The van der Waals surface area contributed by atoms with Crippen molar-refractivity contribution in [2.75, 3.05) is 0 Å². The van der Waals surface area contributed by atoms with E-state index >= 15 is 0 Å². The van der Waals surface area contributed by atoms with Crippen LogP contribution in [0.15, 0.2) is 41.1 Å². The first kappa shape index (κ1) is 11.0. The molecule has 2 heterocycles. The smallest absolute Gasteiger partial charge is 0.170 e. The predicted molar refractivity (Wildman–Crippen MR) is 63.4 cm³/mol. The lowest BCUT2D eigenvalue weighted by atomic mass is 10.2. The highest BCUT2D eigenvalue weighted by Crippen LogP contribution is 2.28. The molecule has 0 fully saturated rings. The Morgan fingerprint density at radius 2 is 2.28 bits per heavy atom. The molecule has 0 saturated heterocycles. The van der Waals surface area contributed by atoms with E-state index in [2.05, 4.69) is 4.98 Å². The van der Waals surface area contributed by atoms with Gasteiger partial charge in [-0.15, -0.1) is 0 Å². The van der Waals surface area contributed by atoms with Gasteiger partial charge in [0.1, 0.15) is 11.6 Å². The summed E-state index contributed by atoms with van der Waals surface area (Å²) in [5.41, 5.74) is 0.153. The topological polar surface area (TPSA) is 51.2 Å². The summed E-state index contributed by atoms with van der Waals surface area (Å²) in [5.74, 6) is 0.296. The van der Waals surface area contributed by atoms with Gasteiger partial charge in [0, 0.05) is 24.8 Å². The minimum atomic E-state index is -1.00. The lowest BCUT2D eigenvalue weighted by Crippen LogP contribution is -2.05. The molecule has 5 heteroatoms. The SMILES string of the molecule is Cn1ccnc1C(O)c1cc2cccc(F)c2o1. The zero-order valence-electron chi connectivity index (χ0n) is 9.67. The monoisotopic (exact) mass is 246 g/mol. The van der Waals surface area contributed by atoms with E-state index in [1.54, 1.807) is 42.2 Å². The van der Waals surface area contributed by atoms with E-state index in [1.807, 2.05) is 0 Å². The molecule has 0 aliphatic rings. The molecule has 18 heavy (non-hydrogen) atoms. The number of aliphatic hydroxyl groups excluding tert-OH is 1. The maximum atomic E-state index is 13.5. The first-order valence-corrected chi connectivity index (χ1v) is 5.50. The molecule has 92 valence electrons. The molecule has 0 amide bonds. The van der Waals surface area contributed by atoms with Crippen molar-refractivity contribution in [3.8, 4) is 0 Å². The first-order chi connectivity index (χ1) is 8.66. The van der Waals surface area contributed by atoms with E-state index in [-0.39, 0.29) is 11.3 Å². The molecule has 4 nitrogen and oxygen atoms in total. The molecule has 0 spiro atoms. The van der Waals surface area contributed by atoms with Gasteiger partial charge in [-0.3, -0.25) is 0 Å². The number of para-hydroxylation sites is 1. The number of aromatic nitrogens is 2. The van der Waals surface area contributed by atoms with E-state index in [4.69, 9.17) is 4.42 Å². The van der Waals surface area contributed by atoms with Gasteiger partial charge in [0.05, 0.1) is 0 Å². The molecule has 3 rings (SSSR count). The number of hydrogen-bond donors (Lipinski definition) is 1. The summed E-state index contributed by atoms with van der Waals surface area (Å²) in [6.07, 6.45) is 2.31. The standard InChI is InChI=1S/C13H11FN2O2/c1-16-6-5-15-13(16)11(17)10-7-8-3-2-4-9(14)12(8)18-10/h2-7,11,17H,1H3. The normalized spacial score (nSPS) is 13.1. The minimum Gasteiger partial charge on any atom is -0.455 e. The molecule has 1 unspecified atom stereocenters. The summed E-state index contributed by atoms with van der Waals surface area (Å²) < 4.78 is 20.5. The Labute approximate surface area is 102 Å². The summed E-state index contributed by atoms with van der Waals surface area (Å²) in [5, 5.41) is 10.8. The van der Waals surface area contributed by atoms with Crippen molar-refractivity contribution in [1.29, 1.82) is 0 Å². The molecule has 0 radical (unpaired) electrons. The lowest BCUT2D eigenvalue weighted by molar-refractivity contribution is 0.179. The molecule has 1 atom stereocenters. The van der Waals surface area contributed by atoms with Crippen molar-refractivity contribution in [3.05, 3.63) is 54.1 Å². The molecule has 0 saturated carbocycles. The molecule has 0 bridgehead atoms. The highest BCUT2D eigenvalue weighted by Gasteiger charge is 2.20. The van der Waals surface area contributed by atoms with Gasteiger partial charge in [0.25, 0.3) is 0 Å². The third-order valence-electron chi connectivity index (χ3n) is 2.89. The Kier molecular flexibility index (Phi) is 2.41. The second kappa shape index (κ2) is 3.96. The van der Waals surface area contributed by atoms with Gasteiger partial charge in [-0.1, -0.05) is 12.1 Å².